The van der Waals surface area contributed by atoms with Crippen LogP contribution in [0.4, 0.5) is 0 Å². The van der Waals surface area contributed by atoms with Gasteiger partial charge >= 0.3 is 0 Å². The Morgan fingerprint density at radius 2 is 1.95 bits per heavy atom. The second kappa shape index (κ2) is 9.06. The minimum absolute atomic E-state index is 0.407. The minimum atomic E-state index is 0.407. The van der Waals surface area contributed by atoms with Gasteiger partial charge in [0.05, 0.1) is 18.0 Å². The van der Waals surface area contributed by atoms with E-state index in [-0.39, 0.29) is 0 Å². The molecule has 0 amide bonds. The molecule has 1 aromatic heterocycles. The number of aromatic nitrogens is 1. The topological polar surface area (TPSA) is 37.4 Å². The predicted molar refractivity (Wildman–Crippen MR) is 83.6 cm³/mol. The van der Waals surface area contributed by atoms with Gasteiger partial charge in [-0.05, 0) is 25.6 Å². The standard InChI is InChI=1S/C16H29N3O/c1-6-19(14(4)12-20-5)11-16-9-7-8-15(18-16)10-17-13(2)3/h7-9,13-14,17H,6,10-12H2,1-5H3. The van der Waals surface area contributed by atoms with Crippen LogP contribution in [0.5, 0.6) is 0 Å². The largest absolute Gasteiger partial charge is 0.383 e. The van der Waals surface area contributed by atoms with E-state index in [2.05, 4.69) is 56.1 Å². The van der Waals surface area contributed by atoms with E-state index in [1.807, 2.05) is 0 Å². The van der Waals surface area contributed by atoms with Crippen LogP contribution < -0.4 is 5.32 Å². The maximum atomic E-state index is 5.24. The molecule has 0 aliphatic heterocycles. The zero-order valence-electron chi connectivity index (χ0n) is 13.5. The Hall–Kier alpha value is -0.970. The zero-order valence-corrected chi connectivity index (χ0v) is 13.5. The van der Waals surface area contributed by atoms with Crippen molar-refractivity contribution < 1.29 is 4.74 Å². The van der Waals surface area contributed by atoms with Gasteiger partial charge < -0.3 is 10.1 Å². The summed E-state index contributed by atoms with van der Waals surface area (Å²) in [6, 6.07) is 7.15. The lowest BCUT2D eigenvalue weighted by atomic mass is 10.2. The van der Waals surface area contributed by atoms with Gasteiger partial charge in [0, 0.05) is 32.3 Å². The molecule has 0 spiro atoms. The Bertz CT molecular complexity index is 382. The second-order valence-corrected chi connectivity index (χ2v) is 5.52. The van der Waals surface area contributed by atoms with Crippen molar-refractivity contribution >= 4 is 0 Å². The average Bonchev–Trinajstić information content (AvgIpc) is 2.43. The Morgan fingerprint density at radius 1 is 1.25 bits per heavy atom. The number of methoxy groups -OCH3 is 1. The number of rotatable bonds is 9. The fraction of sp³-hybridized carbons (Fsp3) is 0.688. The Balaban J connectivity index is 2.63. The quantitative estimate of drug-likeness (QED) is 0.753. The van der Waals surface area contributed by atoms with Crippen LogP contribution in [0, 0.1) is 0 Å². The summed E-state index contributed by atoms with van der Waals surface area (Å²) in [5, 5.41) is 3.40. The molecule has 4 nitrogen and oxygen atoms in total. The van der Waals surface area contributed by atoms with E-state index in [4.69, 9.17) is 9.72 Å². The van der Waals surface area contributed by atoms with Gasteiger partial charge in [-0.1, -0.05) is 26.8 Å². The van der Waals surface area contributed by atoms with Gasteiger partial charge in [0.2, 0.25) is 0 Å². The van der Waals surface area contributed by atoms with E-state index in [0.717, 1.165) is 37.6 Å². The first-order valence-corrected chi connectivity index (χ1v) is 7.48. The average molecular weight is 279 g/mol. The third-order valence-corrected chi connectivity index (χ3v) is 3.36. The highest BCUT2D eigenvalue weighted by Gasteiger charge is 2.13. The molecule has 1 atom stereocenters. The smallest absolute Gasteiger partial charge is 0.0615 e. The number of ether oxygens (including phenoxy) is 1. The number of nitrogens with zero attached hydrogens (tertiary/aromatic N) is 2. The van der Waals surface area contributed by atoms with Crippen LogP contribution in [0.3, 0.4) is 0 Å². The first-order chi connectivity index (χ1) is 9.56. The van der Waals surface area contributed by atoms with Crippen molar-refractivity contribution in [1.82, 2.24) is 15.2 Å². The van der Waals surface area contributed by atoms with Gasteiger partial charge in [0.1, 0.15) is 0 Å². The molecule has 4 heteroatoms. The van der Waals surface area contributed by atoms with E-state index in [1.165, 1.54) is 0 Å². The number of hydrogen-bond donors (Lipinski definition) is 1. The molecule has 0 fully saturated rings. The Kier molecular flexibility index (Phi) is 7.73. The van der Waals surface area contributed by atoms with Gasteiger partial charge in [-0.15, -0.1) is 0 Å². The van der Waals surface area contributed by atoms with Crippen molar-refractivity contribution in [2.24, 2.45) is 0 Å². The number of pyridine rings is 1. The summed E-state index contributed by atoms with van der Waals surface area (Å²) in [7, 11) is 1.75. The van der Waals surface area contributed by atoms with Crippen LogP contribution in [0.25, 0.3) is 0 Å². The van der Waals surface area contributed by atoms with Crippen molar-refractivity contribution in [3.05, 3.63) is 29.6 Å². The molecule has 1 N–H and O–H groups in total. The van der Waals surface area contributed by atoms with Crippen LogP contribution in [0.1, 0.15) is 39.1 Å². The highest BCUT2D eigenvalue weighted by molar-refractivity contribution is 5.11. The Labute approximate surface area is 123 Å². The summed E-state index contributed by atoms with van der Waals surface area (Å²) in [6.07, 6.45) is 0. The van der Waals surface area contributed by atoms with E-state index < -0.39 is 0 Å². The van der Waals surface area contributed by atoms with Gasteiger partial charge in [0.25, 0.3) is 0 Å². The molecule has 114 valence electrons. The molecule has 1 heterocycles. The van der Waals surface area contributed by atoms with Gasteiger partial charge in [-0.2, -0.15) is 0 Å². The van der Waals surface area contributed by atoms with Crippen molar-refractivity contribution in [2.75, 3.05) is 20.3 Å². The molecule has 0 saturated heterocycles. The SMILES string of the molecule is CCN(Cc1cccc(CNC(C)C)n1)C(C)COC. The highest BCUT2D eigenvalue weighted by atomic mass is 16.5. The first kappa shape index (κ1) is 17.1. The molecule has 0 aliphatic carbocycles. The van der Waals surface area contributed by atoms with E-state index in [0.29, 0.717) is 12.1 Å². The highest BCUT2D eigenvalue weighted by Crippen LogP contribution is 2.08. The van der Waals surface area contributed by atoms with Crippen molar-refractivity contribution in [2.45, 2.75) is 52.9 Å². The minimum Gasteiger partial charge on any atom is -0.383 e. The van der Waals surface area contributed by atoms with Crippen LogP contribution in [0.15, 0.2) is 18.2 Å². The molecule has 1 unspecified atom stereocenters. The van der Waals surface area contributed by atoms with Crippen molar-refractivity contribution in [3.8, 4) is 0 Å². The molecule has 0 aliphatic rings. The second-order valence-electron chi connectivity index (χ2n) is 5.52. The fourth-order valence-corrected chi connectivity index (χ4v) is 2.16. The van der Waals surface area contributed by atoms with Gasteiger partial charge in [0.15, 0.2) is 0 Å². The van der Waals surface area contributed by atoms with E-state index in [9.17, 15) is 0 Å². The third-order valence-electron chi connectivity index (χ3n) is 3.36. The molecular formula is C16H29N3O. The lowest BCUT2D eigenvalue weighted by molar-refractivity contribution is 0.0973. The maximum absolute atomic E-state index is 5.24. The van der Waals surface area contributed by atoms with Crippen molar-refractivity contribution in [1.29, 1.82) is 0 Å². The van der Waals surface area contributed by atoms with E-state index in [1.54, 1.807) is 7.11 Å². The molecule has 0 bridgehead atoms. The molecule has 0 radical (unpaired) electrons. The van der Waals surface area contributed by atoms with E-state index >= 15 is 0 Å². The van der Waals surface area contributed by atoms with Crippen LogP contribution in [-0.2, 0) is 17.8 Å². The lowest BCUT2D eigenvalue weighted by Gasteiger charge is -2.27. The van der Waals surface area contributed by atoms with Gasteiger partial charge in [-0.3, -0.25) is 9.88 Å². The number of likely N-dealkylation sites (N-methyl/N-ethyl adjacent to an activating group) is 1. The maximum Gasteiger partial charge on any atom is 0.0615 e. The number of nitrogens with one attached hydrogen (secondary N) is 1. The van der Waals surface area contributed by atoms with Crippen LogP contribution in [0.2, 0.25) is 0 Å². The zero-order chi connectivity index (χ0) is 15.0. The summed E-state index contributed by atoms with van der Waals surface area (Å²) in [5.74, 6) is 0. The lowest BCUT2D eigenvalue weighted by Crippen LogP contribution is -2.35. The molecule has 0 saturated carbocycles. The van der Waals surface area contributed by atoms with Gasteiger partial charge in [-0.25, -0.2) is 0 Å². The molecule has 0 aromatic carbocycles. The summed E-state index contributed by atoms with van der Waals surface area (Å²) >= 11 is 0. The summed E-state index contributed by atoms with van der Waals surface area (Å²) < 4.78 is 5.24. The molecule has 1 rings (SSSR count). The van der Waals surface area contributed by atoms with Crippen LogP contribution >= 0.6 is 0 Å². The number of hydrogen-bond acceptors (Lipinski definition) is 4. The molecule has 1 aromatic rings. The summed E-state index contributed by atoms with van der Waals surface area (Å²) in [5.41, 5.74) is 2.23. The normalized spacial score (nSPS) is 13.2. The third kappa shape index (κ3) is 5.99. The first-order valence-electron chi connectivity index (χ1n) is 7.48. The van der Waals surface area contributed by atoms with Crippen molar-refractivity contribution in [3.63, 3.8) is 0 Å². The van der Waals surface area contributed by atoms with Crippen LogP contribution in [-0.4, -0.2) is 42.2 Å². The summed E-state index contributed by atoms with van der Waals surface area (Å²) in [6.45, 7) is 12.1. The molecule has 20 heavy (non-hydrogen) atoms. The molecular weight excluding hydrogens is 250 g/mol. The summed E-state index contributed by atoms with van der Waals surface area (Å²) in [4.78, 5) is 7.11. The predicted octanol–water partition coefficient (Wildman–Crippen LogP) is 2.44. The Morgan fingerprint density at radius 3 is 2.55 bits per heavy atom. The fourth-order valence-electron chi connectivity index (χ4n) is 2.16. The monoisotopic (exact) mass is 279 g/mol.